The zero-order valence-electron chi connectivity index (χ0n) is 12.3. The van der Waals surface area contributed by atoms with Crippen LogP contribution in [0.15, 0.2) is 18.2 Å². The summed E-state index contributed by atoms with van der Waals surface area (Å²) in [6.07, 6.45) is 3.70. The zero-order valence-corrected chi connectivity index (χ0v) is 12.3. The number of urea groups is 1. The Balaban J connectivity index is 2.17. The molecule has 2 N–H and O–H groups in total. The van der Waals surface area contributed by atoms with Gasteiger partial charge in [-0.05, 0) is 25.0 Å². The predicted molar refractivity (Wildman–Crippen MR) is 78.3 cm³/mol. The molecule has 0 aromatic heterocycles. The van der Waals surface area contributed by atoms with Gasteiger partial charge in [-0.1, -0.05) is 13.8 Å². The van der Waals surface area contributed by atoms with Crippen LogP contribution in [0.4, 0.5) is 10.5 Å². The van der Waals surface area contributed by atoms with Gasteiger partial charge in [-0.15, -0.1) is 0 Å². The van der Waals surface area contributed by atoms with E-state index in [2.05, 4.69) is 24.5 Å². The number of hydrogen-bond acceptors (Lipinski definition) is 3. The Morgan fingerprint density at radius 1 is 1.15 bits per heavy atom. The third-order valence-corrected chi connectivity index (χ3v) is 3.28. The van der Waals surface area contributed by atoms with Crippen LogP contribution in [0, 0.1) is 0 Å². The van der Waals surface area contributed by atoms with Crippen molar-refractivity contribution in [2.24, 2.45) is 0 Å². The molecule has 1 aliphatic heterocycles. The molecular weight excluding hydrogens is 256 g/mol. The van der Waals surface area contributed by atoms with Crippen molar-refractivity contribution in [3.8, 4) is 11.5 Å². The molecule has 1 aromatic rings. The summed E-state index contributed by atoms with van der Waals surface area (Å²) >= 11 is 0. The van der Waals surface area contributed by atoms with Gasteiger partial charge in [0.25, 0.3) is 5.79 Å². The highest BCUT2D eigenvalue weighted by atomic mass is 16.7. The highest BCUT2D eigenvalue weighted by molar-refractivity contribution is 5.89. The molecule has 1 heterocycles. The Labute approximate surface area is 119 Å². The Kier molecular flexibility index (Phi) is 4.37. The molecule has 0 aliphatic carbocycles. The molecule has 2 amide bonds. The van der Waals surface area contributed by atoms with E-state index < -0.39 is 5.79 Å². The van der Waals surface area contributed by atoms with Gasteiger partial charge in [0, 0.05) is 31.6 Å². The number of carbonyl (C=O) groups is 1. The fourth-order valence-corrected chi connectivity index (χ4v) is 2.46. The lowest BCUT2D eigenvalue weighted by atomic mass is 10.1. The summed E-state index contributed by atoms with van der Waals surface area (Å²) in [5.74, 6) is 0.896. The summed E-state index contributed by atoms with van der Waals surface area (Å²) in [5, 5.41) is 5.24. The number of hydrogen-bond donors (Lipinski definition) is 2. The lowest BCUT2D eigenvalue weighted by Gasteiger charge is -2.26. The number of rotatable bonds is 5. The van der Waals surface area contributed by atoms with Crippen molar-refractivity contribution >= 4 is 11.7 Å². The summed E-state index contributed by atoms with van der Waals surface area (Å²) in [5.41, 5.74) is 0.690. The summed E-state index contributed by atoms with van der Waals surface area (Å²) in [6, 6.07) is 5.20. The minimum atomic E-state index is -0.544. The second kappa shape index (κ2) is 6.03. The topological polar surface area (TPSA) is 59.6 Å². The van der Waals surface area contributed by atoms with Crippen molar-refractivity contribution < 1.29 is 14.3 Å². The first-order valence-corrected chi connectivity index (χ1v) is 7.13. The van der Waals surface area contributed by atoms with Gasteiger partial charge in [-0.2, -0.15) is 0 Å². The van der Waals surface area contributed by atoms with E-state index in [9.17, 15) is 4.79 Å². The maximum Gasteiger partial charge on any atom is 0.318 e. The van der Waals surface area contributed by atoms with Crippen LogP contribution < -0.4 is 20.1 Å². The van der Waals surface area contributed by atoms with Gasteiger partial charge >= 0.3 is 6.03 Å². The molecule has 0 atom stereocenters. The van der Waals surface area contributed by atoms with Crippen molar-refractivity contribution in [1.82, 2.24) is 5.32 Å². The van der Waals surface area contributed by atoms with E-state index in [0.717, 1.165) is 31.4 Å². The maximum atomic E-state index is 11.3. The van der Waals surface area contributed by atoms with Crippen molar-refractivity contribution in [2.45, 2.75) is 45.3 Å². The van der Waals surface area contributed by atoms with Crippen LogP contribution in [-0.2, 0) is 0 Å². The highest BCUT2D eigenvalue weighted by Crippen LogP contribution is 2.44. The minimum Gasteiger partial charge on any atom is -0.448 e. The van der Waals surface area contributed by atoms with Crippen LogP contribution in [0.2, 0.25) is 0 Å². The standard InChI is InChI=1S/C15H22N2O3/c1-4-8-15(9-5-2)19-12-7-6-11(10-13(12)20-15)17-14(18)16-3/h6-7,10H,4-5,8-9H2,1-3H3,(H2,16,17,18). The number of carbonyl (C=O) groups excluding carboxylic acids is 1. The molecule has 0 fully saturated rings. The van der Waals surface area contributed by atoms with E-state index in [4.69, 9.17) is 9.47 Å². The molecule has 0 unspecified atom stereocenters. The fraction of sp³-hybridized carbons (Fsp3) is 0.533. The number of amides is 2. The van der Waals surface area contributed by atoms with Gasteiger partial charge < -0.3 is 20.1 Å². The molecular formula is C15H22N2O3. The van der Waals surface area contributed by atoms with Gasteiger partial charge in [-0.3, -0.25) is 0 Å². The Morgan fingerprint density at radius 2 is 1.80 bits per heavy atom. The largest absolute Gasteiger partial charge is 0.448 e. The summed E-state index contributed by atoms with van der Waals surface area (Å²) in [6.45, 7) is 4.23. The van der Waals surface area contributed by atoms with Crippen molar-refractivity contribution in [2.75, 3.05) is 12.4 Å². The van der Waals surface area contributed by atoms with Gasteiger partial charge in [0.05, 0.1) is 0 Å². The van der Waals surface area contributed by atoms with Crippen LogP contribution in [0.25, 0.3) is 0 Å². The quantitative estimate of drug-likeness (QED) is 0.866. The highest BCUT2D eigenvalue weighted by Gasteiger charge is 2.39. The molecule has 1 aromatic carbocycles. The Bertz CT molecular complexity index is 482. The zero-order chi connectivity index (χ0) is 14.6. The maximum absolute atomic E-state index is 11.3. The van der Waals surface area contributed by atoms with Crippen LogP contribution in [-0.4, -0.2) is 18.9 Å². The van der Waals surface area contributed by atoms with E-state index in [0.29, 0.717) is 11.4 Å². The molecule has 2 rings (SSSR count). The molecule has 110 valence electrons. The molecule has 0 radical (unpaired) electrons. The normalized spacial score (nSPS) is 14.9. The number of anilines is 1. The van der Waals surface area contributed by atoms with E-state index in [1.165, 1.54) is 0 Å². The van der Waals surface area contributed by atoms with E-state index >= 15 is 0 Å². The van der Waals surface area contributed by atoms with Gasteiger partial charge in [0.2, 0.25) is 0 Å². The minimum absolute atomic E-state index is 0.253. The molecule has 0 saturated carbocycles. The van der Waals surface area contributed by atoms with Crippen molar-refractivity contribution in [1.29, 1.82) is 0 Å². The Hall–Kier alpha value is -1.91. The predicted octanol–water partition coefficient (Wildman–Crippen LogP) is 3.51. The third-order valence-electron chi connectivity index (χ3n) is 3.28. The lowest BCUT2D eigenvalue weighted by Crippen LogP contribution is -2.38. The monoisotopic (exact) mass is 278 g/mol. The number of benzene rings is 1. The summed E-state index contributed by atoms with van der Waals surface area (Å²) in [7, 11) is 1.58. The van der Waals surface area contributed by atoms with Gasteiger partial charge in [-0.25, -0.2) is 4.79 Å². The second-order valence-corrected chi connectivity index (χ2v) is 4.98. The van der Waals surface area contributed by atoms with Crippen molar-refractivity contribution in [3.63, 3.8) is 0 Å². The number of ether oxygens (including phenoxy) is 2. The van der Waals surface area contributed by atoms with Crippen LogP contribution in [0.3, 0.4) is 0 Å². The Morgan fingerprint density at radius 3 is 2.40 bits per heavy atom. The van der Waals surface area contributed by atoms with E-state index in [1.807, 2.05) is 12.1 Å². The van der Waals surface area contributed by atoms with Crippen LogP contribution in [0.1, 0.15) is 39.5 Å². The molecule has 0 saturated heterocycles. The van der Waals surface area contributed by atoms with Crippen molar-refractivity contribution in [3.05, 3.63) is 18.2 Å². The van der Waals surface area contributed by atoms with Gasteiger partial charge in [0.15, 0.2) is 11.5 Å². The summed E-state index contributed by atoms with van der Waals surface area (Å²) in [4.78, 5) is 11.3. The lowest BCUT2D eigenvalue weighted by molar-refractivity contribution is -0.0926. The first kappa shape index (κ1) is 14.5. The smallest absolute Gasteiger partial charge is 0.318 e. The first-order chi connectivity index (χ1) is 9.62. The van der Waals surface area contributed by atoms with Gasteiger partial charge in [0.1, 0.15) is 0 Å². The second-order valence-electron chi connectivity index (χ2n) is 4.98. The number of fused-ring (bicyclic) bond motifs is 1. The van der Waals surface area contributed by atoms with Crippen LogP contribution in [0.5, 0.6) is 11.5 Å². The average molecular weight is 278 g/mol. The third kappa shape index (κ3) is 2.98. The molecule has 20 heavy (non-hydrogen) atoms. The summed E-state index contributed by atoms with van der Waals surface area (Å²) < 4.78 is 12.0. The van der Waals surface area contributed by atoms with E-state index in [-0.39, 0.29) is 6.03 Å². The molecule has 0 spiro atoms. The fourth-order valence-electron chi connectivity index (χ4n) is 2.46. The molecule has 5 heteroatoms. The van der Waals surface area contributed by atoms with E-state index in [1.54, 1.807) is 13.1 Å². The number of nitrogens with one attached hydrogen (secondary N) is 2. The average Bonchev–Trinajstić information content (AvgIpc) is 2.76. The van der Waals surface area contributed by atoms with Crippen LogP contribution >= 0.6 is 0 Å². The molecule has 5 nitrogen and oxygen atoms in total. The molecule has 1 aliphatic rings. The molecule has 0 bridgehead atoms. The SMILES string of the molecule is CCCC1(CCC)Oc2ccc(NC(=O)NC)cc2O1. The first-order valence-electron chi connectivity index (χ1n) is 7.13.